The summed E-state index contributed by atoms with van der Waals surface area (Å²) in [5, 5.41) is 2.18. The third-order valence-corrected chi connectivity index (χ3v) is 1.20. The molecule has 0 radical (unpaired) electrons. The molecule has 1 amide bonds. The summed E-state index contributed by atoms with van der Waals surface area (Å²) in [5.41, 5.74) is 0. The van der Waals surface area contributed by atoms with Gasteiger partial charge in [0.05, 0.1) is 0 Å². The number of amides is 1. The van der Waals surface area contributed by atoms with Crippen molar-refractivity contribution in [2.75, 3.05) is 33.8 Å². The number of nitrogens with one attached hydrogen (secondary N) is 1. The van der Waals surface area contributed by atoms with E-state index in [9.17, 15) is 18.0 Å². The zero-order valence-corrected chi connectivity index (χ0v) is 8.02. The van der Waals surface area contributed by atoms with Crippen LogP contribution in [0.3, 0.4) is 0 Å². The van der Waals surface area contributed by atoms with E-state index < -0.39 is 18.9 Å². The third kappa shape index (κ3) is 9.11. The highest BCUT2D eigenvalue weighted by Gasteiger charge is 2.29. The van der Waals surface area contributed by atoms with E-state index in [1.54, 1.807) is 19.0 Å². The van der Waals surface area contributed by atoms with E-state index in [-0.39, 0.29) is 6.54 Å². The predicted octanol–water partition coefficient (Wildman–Crippen LogP) is 0.836. The van der Waals surface area contributed by atoms with Crippen LogP contribution in [0.15, 0.2) is 0 Å². The Labute approximate surface area is 80.0 Å². The predicted molar refractivity (Wildman–Crippen MR) is 44.0 cm³/mol. The number of likely N-dealkylation sites (N-methyl/N-ethyl adjacent to an activating group) is 1. The number of ether oxygens (including phenoxy) is 1. The molecule has 0 rings (SSSR count). The molecule has 0 heterocycles. The highest BCUT2D eigenvalue weighted by atomic mass is 19.4. The van der Waals surface area contributed by atoms with Gasteiger partial charge in [-0.3, -0.25) is 0 Å². The van der Waals surface area contributed by atoms with Crippen LogP contribution in [0.5, 0.6) is 0 Å². The highest BCUT2D eigenvalue weighted by Crippen LogP contribution is 2.14. The first-order valence-electron chi connectivity index (χ1n) is 3.93. The van der Waals surface area contributed by atoms with Gasteiger partial charge in [0.2, 0.25) is 0 Å². The summed E-state index contributed by atoms with van der Waals surface area (Å²) in [6, 6.07) is 0. The molecule has 0 aliphatic carbocycles. The molecule has 84 valence electrons. The van der Waals surface area contributed by atoms with Crippen LogP contribution >= 0.6 is 0 Å². The Hall–Kier alpha value is -0.980. The first-order chi connectivity index (χ1) is 6.31. The third-order valence-electron chi connectivity index (χ3n) is 1.20. The Morgan fingerprint density at radius 2 is 2.00 bits per heavy atom. The number of nitrogens with zero attached hydrogens (tertiary/aromatic N) is 1. The summed E-state index contributed by atoms with van der Waals surface area (Å²) in [6.07, 6.45) is -5.53. The van der Waals surface area contributed by atoms with Crippen LogP contribution in [0.4, 0.5) is 18.0 Å². The van der Waals surface area contributed by atoms with E-state index in [2.05, 4.69) is 10.1 Å². The van der Waals surface area contributed by atoms with Gasteiger partial charge in [0.1, 0.15) is 0 Å². The Bertz CT molecular complexity index is 182. The van der Waals surface area contributed by atoms with E-state index >= 15 is 0 Å². The van der Waals surface area contributed by atoms with Crippen LogP contribution in [0.2, 0.25) is 0 Å². The first kappa shape index (κ1) is 13.0. The Balaban J connectivity index is 3.47. The number of hydrogen-bond acceptors (Lipinski definition) is 3. The van der Waals surface area contributed by atoms with Gasteiger partial charge in [-0.15, -0.1) is 0 Å². The van der Waals surface area contributed by atoms with Gasteiger partial charge in [0.25, 0.3) is 0 Å². The molecule has 0 saturated carbocycles. The second kappa shape index (κ2) is 5.69. The summed E-state index contributed by atoms with van der Waals surface area (Å²) < 4.78 is 38.6. The normalized spacial score (nSPS) is 11.6. The van der Waals surface area contributed by atoms with Crippen molar-refractivity contribution in [2.45, 2.75) is 6.18 Å². The molecule has 0 bridgehead atoms. The highest BCUT2D eigenvalue weighted by molar-refractivity contribution is 5.67. The molecule has 0 aromatic rings. The maximum absolute atomic E-state index is 11.6. The molecule has 0 atom stereocenters. The quantitative estimate of drug-likeness (QED) is 0.753. The number of carbonyl (C=O) groups excluding carboxylic acids is 1. The van der Waals surface area contributed by atoms with Gasteiger partial charge in [-0.25, -0.2) is 4.79 Å². The lowest BCUT2D eigenvalue weighted by Crippen LogP contribution is -2.33. The average molecular weight is 214 g/mol. The molecular weight excluding hydrogens is 201 g/mol. The molecule has 0 saturated heterocycles. The zero-order valence-electron chi connectivity index (χ0n) is 8.02. The van der Waals surface area contributed by atoms with Crippen LogP contribution in [0.1, 0.15) is 0 Å². The lowest BCUT2D eigenvalue weighted by atomic mass is 10.6. The zero-order chi connectivity index (χ0) is 11.2. The molecule has 1 N–H and O–H groups in total. The standard InChI is InChI=1S/C7H13F3N2O2/c1-12(2)4-3-11-6(13)14-5-7(8,9)10/h3-5H2,1-2H3,(H,11,13). The lowest BCUT2D eigenvalue weighted by Gasteiger charge is -2.11. The van der Waals surface area contributed by atoms with E-state index in [4.69, 9.17) is 0 Å². The molecule has 0 unspecified atom stereocenters. The van der Waals surface area contributed by atoms with E-state index in [1.807, 2.05) is 0 Å². The van der Waals surface area contributed by atoms with Gasteiger partial charge in [-0.2, -0.15) is 13.2 Å². The fraction of sp³-hybridized carbons (Fsp3) is 0.857. The van der Waals surface area contributed by atoms with Crippen LogP contribution in [0, 0.1) is 0 Å². The van der Waals surface area contributed by atoms with Gasteiger partial charge < -0.3 is 15.0 Å². The Morgan fingerprint density at radius 3 is 2.43 bits per heavy atom. The SMILES string of the molecule is CN(C)CCNC(=O)OCC(F)(F)F. The minimum absolute atomic E-state index is 0.254. The number of alkyl carbamates (subject to hydrolysis) is 1. The van der Waals surface area contributed by atoms with Crippen molar-refractivity contribution in [3.63, 3.8) is 0 Å². The minimum atomic E-state index is -4.47. The smallest absolute Gasteiger partial charge is 0.422 e. The van der Waals surface area contributed by atoms with Crippen molar-refractivity contribution in [1.29, 1.82) is 0 Å². The van der Waals surface area contributed by atoms with E-state index in [0.29, 0.717) is 6.54 Å². The molecule has 0 aromatic heterocycles. The van der Waals surface area contributed by atoms with Crippen LogP contribution < -0.4 is 5.32 Å². The number of alkyl halides is 3. The van der Waals surface area contributed by atoms with Crippen molar-refractivity contribution in [3.05, 3.63) is 0 Å². The number of hydrogen-bond donors (Lipinski definition) is 1. The summed E-state index contributed by atoms with van der Waals surface area (Å²) in [7, 11) is 3.56. The Morgan fingerprint density at radius 1 is 1.43 bits per heavy atom. The second-order valence-electron chi connectivity index (χ2n) is 2.92. The first-order valence-corrected chi connectivity index (χ1v) is 3.93. The summed E-state index contributed by atoms with van der Waals surface area (Å²) >= 11 is 0. The molecule has 0 spiro atoms. The fourth-order valence-corrected chi connectivity index (χ4v) is 0.580. The maximum Gasteiger partial charge on any atom is 0.422 e. The molecule has 0 aliphatic rings. The fourth-order valence-electron chi connectivity index (χ4n) is 0.580. The van der Waals surface area contributed by atoms with E-state index in [1.165, 1.54) is 0 Å². The largest absolute Gasteiger partial charge is 0.440 e. The Kier molecular flexibility index (Phi) is 5.29. The maximum atomic E-state index is 11.6. The molecule has 4 nitrogen and oxygen atoms in total. The van der Waals surface area contributed by atoms with Crippen molar-refractivity contribution in [2.24, 2.45) is 0 Å². The molecule has 0 aliphatic heterocycles. The monoisotopic (exact) mass is 214 g/mol. The van der Waals surface area contributed by atoms with Crippen molar-refractivity contribution < 1.29 is 22.7 Å². The van der Waals surface area contributed by atoms with Crippen LogP contribution in [-0.4, -0.2) is 51.0 Å². The van der Waals surface area contributed by atoms with Gasteiger partial charge in [-0.05, 0) is 14.1 Å². The summed E-state index contributed by atoms with van der Waals surface area (Å²) in [6.45, 7) is -0.758. The molecule has 0 fully saturated rings. The van der Waals surface area contributed by atoms with E-state index in [0.717, 1.165) is 0 Å². The summed E-state index contributed by atoms with van der Waals surface area (Å²) in [4.78, 5) is 12.4. The van der Waals surface area contributed by atoms with Crippen LogP contribution in [0.25, 0.3) is 0 Å². The van der Waals surface area contributed by atoms with Gasteiger partial charge >= 0.3 is 12.3 Å². The summed E-state index contributed by atoms with van der Waals surface area (Å²) in [5.74, 6) is 0. The average Bonchev–Trinajstić information content (AvgIpc) is 1.99. The van der Waals surface area contributed by atoms with Crippen molar-refractivity contribution in [1.82, 2.24) is 10.2 Å². The molecule has 14 heavy (non-hydrogen) atoms. The lowest BCUT2D eigenvalue weighted by molar-refractivity contribution is -0.160. The second-order valence-corrected chi connectivity index (χ2v) is 2.92. The van der Waals surface area contributed by atoms with Gasteiger partial charge in [0, 0.05) is 13.1 Å². The molecule has 7 heteroatoms. The minimum Gasteiger partial charge on any atom is -0.440 e. The van der Waals surface area contributed by atoms with Gasteiger partial charge in [0.15, 0.2) is 6.61 Å². The number of carbonyl (C=O) groups is 1. The van der Waals surface area contributed by atoms with Crippen molar-refractivity contribution >= 4 is 6.09 Å². The number of rotatable bonds is 4. The van der Waals surface area contributed by atoms with Gasteiger partial charge in [-0.1, -0.05) is 0 Å². The van der Waals surface area contributed by atoms with Crippen LogP contribution in [-0.2, 0) is 4.74 Å². The molecule has 0 aromatic carbocycles. The number of halogens is 3. The van der Waals surface area contributed by atoms with Crippen molar-refractivity contribution in [3.8, 4) is 0 Å². The molecular formula is C7H13F3N2O2. The topological polar surface area (TPSA) is 41.6 Å².